The number of carbonyl (C=O) groups is 1. The topological polar surface area (TPSA) is 118 Å². The van der Waals surface area contributed by atoms with Crippen LogP contribution in [0.15, 0.2) is 21.6 Å². The molecule has 164 valence electrons. The molecule has 8 heteroatoms. The maximum absolute atomic E-state index is 13.6. The van der Waals surface area contributed by atoms with Gasteiger partial charge in [-0.3, -0.25) is 9.86 Å². The number of nitrogens with two attached hydrogens (primary N) is 1. The van der Waals surface area contributed by atoms with Crippen molar-refractivity contribution in [2.45, 2.75) is 70.0 Å². The van der Waals surface area contributed by atoms with Crippen LogP contribution in [0.4, 0.5) is 10.5 Å². The molecule has 0 radical (unpaired) electrons. The van der Waals surface area contributed by atoms with Gasteiger partial charge < -0.3 is 14.8 Å². The number of rotatable bonds is 4. The standard InChI is InChI=1S/C22H31N3O4S/c1-13-18(22(2,3)27)12-19(29-13)30(4,23,28)25-21(26)24-20-16-9-5-7-14(16)11-15-8-6-10-17(15)20/h11-12,27H,5-10H2,1-4H3,(H4,23,24,25,26,28). The van der Waals surface area contributed by atoms with Gasteiger partial charge in [0.2, 0.25) is 0 Å². The van der Waals surface area contributed by atoms with E-state index in [0.717, 1.165) is 44.2 Å². The highest BCUT2D eigenvalue weighted by molar-refractivity contribution is 8.16. The highest BCUT2D eigenvalue weighted by Gasteiger charge is 2.37. The molecule has 0 aliphatic heterocycles. The van der Waals surface area contributed by atoms with Gasteiger partial charge in [0.15, 0.2) is 5.09 Å². The number of hydrogen-bond acceptors (Lipinski definition) is 4. The molecule has 1 heterocycles. The molecule has 2 aliphatic carbocycles. The van der Waals surface area contributed by atoms with Crippen molar-refractivity contribution < 1.29 is 18.5 Å². The molecule has 0 saturated carbocycles. The monoisotopic (exact) mass is 433 g/mol. The SMILES string of the molecule is Cc1oc(S(C)(N)(=O)NC(=O)Nc2c3c(cc4c2CCC4)CCC3)cc1C(C)(C)O. The minimum absolute atomic E-state index is 0.0553. The summed E-state index contributed by atoms with van der Waals surface area (Å²) in [5, 5.41) is 19.4. The van der Waals surface area contributed by atoms with Crippen molar-refractivity contribution in [2.24, 2.45) is 5.14 Å². The van der Waals surface area contributed by atoms with Gasteiger partial charge in [-0.05, 0) is 81.5 Å². The Balaban J connectivity index is 1.63. The summed E-state index contributed by atoms with van der Waals surface area (Å²) < 4.78 is 21.7. The maximum atomic E-state index is 13.6. The van der Waals surface area contributed by atoms with Gasteiger partial charge in [0.25, 0.3) is 0 Å². The Morgan fingerprint density at radius 1 is 1.13 bits per heavy atom. The second-order valence-corrected chi connectivity index (χ2v) is 12.7. The first-order chi connectivity index (χ1) is 13.8. The zero-order chi connectivity index (χ0) is 21.9. The first-order valence-corrected chi connectivity index (χ1v) is 12.8. The lowest BCUT2D eigenvalue weighted by atomic mass is 9.99. The van der Waals surface area contributed by atoms with Crippen molar-refractivity contribution in [3.8, 4) is 0 Å². The third kappa shape index (κ3) is 3.68. The normalized spacial score (nSPS) is 17.2. The lowest BCUT2D eigenvalue weighted by Gasteiger charge is -2.32. The number of benzene rings is 1. The fourth-order valence-electron chi connectivity index (χ4n) is 4.70. The zero-order valence-electron chi connectivity index (χ0n) is 18.1. The van der Waals surface area contributed by atoms with Crippen LogP contribution in [0, 0.1) is 6.92 Å². The molecule has 0 unspecified atom stereocenters. The van der Waals surface area contributed by atoms with E-state index < -0.39 is 21.1 Å². The summed E-state index contributed by atoms with van der Waals surface area (Å²) in [6.45, 7) is 4.87. The summed E-state index contributed by atoms with van der Waals surface area (Å²) in [5.74, 6) is 0.407. The van der Waals surface area contributed by atoms with Crippen LogP contribution in [0.1, 0.15) is 60.3 Å². The molecule has 5 N–H and O–H groups in total. The van der Waals surface area contributed by atoms with E-state index in [1.54, 1.807) is 20.8 Å². The van der Waals surface area contributed by atoms with Gasteiger partial charge in [-0.25, -0.2) is 9.00 Å². The van der Waals surface area contributed by atoms with Crippen LogP contribution < -0.4 is 15.2 Å². The summed E-state index contributed by atoms with van der Waals surface area (Å²) in [4.78, 5) is 12.9. The van der Waals surface area contributed by atoms with Gasteiger partial charge in [0.1, 0.15) is 5.76 Å². The highest BCUT2D eigenvalue weighted by Crippen LogP contribution is 2.39. The second kappa shape index (κ2) is 6.67. The molecule has 1 aromatic carbocycles. The van der Waals surface area contributed by atoms with Gasteiger partial charge >= 0.3 is 6.03 Å². The van der Waals surface area contributed by atoms with E-state index in [9.17, 15) is 14.1 Å². The fourth-order valence-corrected chi connectivity index (χ4v) is 6.05. The van der Waals surface area contributed by atoms with Crippen LogP contribution in [0.5, 0.6) is 0 Å². The van der Waals surface area contributed by atoms with Gasteiger partial charge in [-0.2, -0.15) is 0 Å². The number of aliphatic hydroxyl groups is 1. The van der Waals surface area contributed by atoms with E-state index >= 15 is 0 Å². The number of nitrogens with one attached hydrogen (secondary N) is 2. The summed E-state index contributed by atoms with van der Waals surface area (Å²) >= 11 is 0. The van der Waals surface area contributed by atoms with Crippen LogP contribution in [0.25, 0.3) is 0 Å². The van der Waals surface area contributed by atoms with Gasteiger partial charge in [0, 0.05) is 23.6 Å². The molecule has 0 atom stereocenters. The quantitative estimate of drug-likeness (QED) is 0.592. The maximum Gasteiger partial charge on any atom is 0.330 e. The Morgan fingerprint density at radius 2 is 1.70 bits per heavy atom. The van der Waals surface area contributed by atoms with Gasteiger partial charge in [-0.15, -0.1) is 0 Å². The molecule has 2 amide bonds. The largest absolute Gasteiger partial charge is 0.451 e. The van der Waals surface area contributed by atoms with Crippen molar-refractivity contribution in [3.05, 3.63) is 45.7 Å². The van der Waals surface area contributed by atoms with E-state index in [0.29, 0.717) is 11.3 Å². The molecule has 2 aliphatic rings. The molecule has 0 spiro atoms. The average molecular weight is 434 g/mol. The number of amides is 2. The van der Waals surface area contributed by atoms with E-state index in [2.05, 4.69) is 16.1 Å². The number of furan rings is 1. The lowest BCUT2D eigenvalue weighted by molar-refractivity contribution is 0.0769. The van der Waals surface area contributed by atoms with Gasteiger partial charge in [-0.1, -0.05) is 6.07 Å². The van der Waals surface area contributed by atoms with E-state index in [4.69, 9.17) is 9.56 Å². The number of fused-ring (bicyclic) bond motifs is 2. The summed E-state index contributed by atoms with van der Waals surface area (Å²) in [6.07, 6.45) is 7.32. The Kier molecular flexibility index (Phi) is 4.69. The fraction of sp³-hybridized carbons (Fsp3) is 0.500. The van der Waals surface area contributed by atoms with Crippen LogP contribution in [-0.2, 0) is 40.7 Å². The van der Waals surface area contributed by atoms with Crippen molar-refractivity contribution in [3.63, 3.8) is 0 Å². The van der Waals surface area contributed by atoms with Crippen LogP contribution in [-0.4, -0.2) is 21.6 Å². The number of urea groups is 1. The lowest BCUT2D eigenvalue weighted by Crippen LogP contribution is -2.57. The molecular weight excluding hydrogens is 402 g/mol. The Bertz CT molecular complexity index is 1070. The minimum Gasteiger partial charge on any atom is -0.451 e. The smallest absolute Gasteiger partial charge is 0.330 e. The van der Waals surface area contributed by atoms with Crippen LogP contribution >= 0.6 is 0 Å². The van der Waals surface area contributed by atoms with E-state index in [1.165, 1.54) is 34.6 Å². The molecule has 0 saturated heterocycles. The van der Waals surface area contributed by atoms with E-state index in [-0.39, 0.29) is 5.09 Å². The summed E-state index contributed by atoms with van der Waals surface area (Å²) in [6, 6.07) is 3.12. The molecule has 4 rings (SSSR count). The number of hydrogen-bond donors (Lipinski definition) is 4. The predicted molar refractivity (Wildman–Crippen MR) is 118 cm³/mol. The third-order valence-electron chi connectivity index (χ3n) is 6.11. The second-order valence-electron chi connectivity index (χ2n) is 9.30. The summed E-state index contributed by atoms with van der Waals surface area (Å²) in [5.41, 5.74) is 5.10. The third-order valence-corrected chi connectivity index (χ3v) is 8.01. The van der Waals surface area contributed by atoms with Crippen molar-refractivity contribution in [2.75, 3.05) is 11.6 Å². The molecule has 30 heavy (non-hydrogen) atoms. The molecule has 7 nitrogen and oxygen atoms in total. The number of anilines is 1. The van der Waals surface area contributed by atoms with Crippen LogP contribution in [0.3, 0.4) is 0 Å². The first-order valence-electron chi connectivity index (χ1n) is 10.4. The van der Waals surface area contributed by atoms with Crippen molar-refractivity contribution in [1.29, 1.82) is 0 Å². The minimum atomic E-state index is -4.33. The van der Waals surface area contributed by atoms with Gasteiger partial charge in [0.05, 0.1) is 15.0 Å². The highest BCUT2D eigenvalue weighted by atomic mass is 32.3. The van der Waals surface area contributed by atoms with Crippen molar-refractivity contribution in [1.82, 2.24) is 4.72 Å². The Morgan fingerprint density at radius 3 is 2.20 bits per heavy atom. The molecular formula is C22H31N3O4S. The predicted octanol–water partition coefficient (Wildman–Crippen LogP) is 3.21. The van der Waals surface area contributed by atoms with Crippen LogP contribution in [0.2, 0.25) is 0 Å². The average Bonchev–Trinajstić information content (AvgIpc) is 3.31. The van der Waals surface area contributed by atoms with E-state index in [1.807, 2.05) is 0 Å². The summed E-state index contributed by atoms with van der Waals surface area (Å²) in [7, 11) is -4.33. The Hall–Kier alpha value is -2.16. The zero-order valence-corrected chi connectivity index (χ0v) is 18.9. The Labute approximate surface area is 177 Å². The number of carbonyl (C=O) groups excluding carboxylic acids is 1. The number of aryl methyl sites for hydroxylation is 3. The first kappa shape index (κ1) is 21.1. The molecule has 2 aromatic rings. The van der Waals surface area contributed by atoms with Crippen molar-refractivity contribution >= 4 is 21.2 Å². The molecule has 1 aromatic heterocycles. The molecule has 0 fully saturated rings. The molecule has 0 bridgehead atoms.